The molecule has 6 nitrogen and oxygen atoms in total. The standard InChI is InChI=1S/C19H26N4O2/c1-15-12-19(25-21-15)20-18(24)14-23-11-10-22(9-8-16(23)2)13-17-6-4-3-5-7-17/h3-7,12,16H,8-11,13-14H2,1-2H3,(H,20,24). The number of benzene rings is 1. The van der Waals surface area contributed by atoms with Crippen LogP contribution in [0.4, 0.5) is 5.88 Å². The number of hydrogen-bond acceptors (Lipinski definition) is 5. The number of nitrogens with one attached hydrogen (secondary N) is 1. The maximum Gasteiger partial charge on any atom is 0.240 e. The smallest absolute Gasteiger partial charge is 0.240 e. The fraction of sp³-hybridized carbons (Fsp3) is 0.474. The molecule has 25 heavy (non-hydrogen) atoms. The summed E-state index contributed by atoms with van der Waals surface area (Å²) in [6, 6.07) is 12.6. The van der Waals surface area contributed by atoms with Gasteiger partial charge < -0.3 is 4.52 Å². The summed E-state index contributed by atoms with van der Waals surface area (Å²) in [5.41, 5.74) is 2.09. The Hall–Kier alpha value is -2.18. The van der Waals surface area contributed by atoms with Gasteiger partial charge in [0.1, 0.15) is 0 Å². The average Bonchev–Trinajstić information content (AvgIpc) is 2.93. The molecular weight excluding hydrogens is 316 g/mol. The van der Waals surface area contributed by atoms with Crippen LogP contribution in [-0.2, 0) is 11.3 Å². The second-order valence-electron chi connectivity index (χ2n) is 6.75. The topological polar surface area (TPSA) is 61.6 Å². The minimum Gasteiger partial charge on any atom is -0.338 e. The largest absolute Gasteiger partial charge is 0.338 e. The molecule has 1 fully saturated rings. The van der Waals surface area contributed by atoms with Gasteiger partial charge in [-0.1, -0.05) is 35.5 Å². The minimum atomic E-state index is -0.0560. The summed E-state index contributed by atoms with van der Waals surface area (Å²) in [4.78, 5) is 17.0. The van der Waals surface area contributed by atoms with Crippen molar-refractivity contribution < 1.29 is 9.32 Å². The van der Waals surface area contributed by atoms with Crippen molar-refractivity contribution in [3.05, 3.63) is 47.7 Å². The number of rotatable bonds is 5. The van der Waals surface area contributed by atoms with E-state index in [1.165, 1.54) is 5.56 Å². The molecule has 2 aromatic rings. The van der Waals surface area contributed by atoms with Gasteiger partial charge in [-0.15, -0.1) is 0 Å². The van der Waals surface area contributed by atoms with Gasteiger partial charge >= 0.3 is 0 Å². The van der Waals surface area contributed by atoms with E-state index in [9.17, 15) is 4.79 Å². The first-order valence-electron chi connectivity index (χ1n) is 8.83. The lowest BCUT2D eigenvalue weighted by Crippen LogP contribution is -2.40. The van der Waals surface area contributed by atoms with Gasteiger partial charge in [0.25, 0.3) is 0 Å². The number of anilines is 1. The van der Waals surface area contributed by atoms with Crippen LogP contribution in [0.1, 0.15) is 24.6 Å². The third-order valence-electron chi connectivity index (χ3n) is 4.68. The van der Waals surface area contributed by atoms with E-state index in [2.05, 4.69) is 51.5 Å². The van der Waals surface area contributed by atoms with Crippen LogP contribution < -0.4 is 5.32 Å². The van der Waals surface area contributed by atoms with E-state index in [-0.39, 0.29) is 5.91 Å². The molecule has 1 amide bonds. The highest BCUT2D eigenvalue weighted by atomic mass is 16.5. The molecule has 0 spiro atoms. The third kappa shape index (κ3) is 5.14. The molecule has 1 unspecified atom stereocenters. The predicted octanol–water partition coefficient (Wildman–Crippen LogP) is 2.52. The molecule has 1 atom stereocenters. The highest BCUT2D eigenvalue weighted by Crippen LogP contribution is 2.14. The maximum absolute atomic E-state index is 12.3. The number of aryl methyl sites for hydroxylation is 1. The van der Waals surface area contributed by atoms with Crippen LogP contribution in [0.3, 0.4) is 0 Å². The summed E-state index contributed by atoms with van der Waals surface area (Å²) in [7, 11) is 0. The Kier molecular flexibility index (Phi) is 5.83. The highest BCUT2D eigenvalue weighted by Gasteiger charge is 2.23. The van der Waals surface area contributed by atoms with Crippen molar-refractivity contribution >= 4 is 11.8 Å². The monoisotopic (exact) mass is 342 g/mol. The van der Waals surface area contributed by atoms with Crippen LogP contribution in [-0.4, -0.2) is 53.1 Å². The molecule has 1 aliphatic heterocycles. The Morgan fingerprint density at radius 1 is 1.28 bits per heavy atom. The Morgan fingerprint density at radius 2 is 2.08 bits per heavy atom. The maximum atomic E-state index is 12.3. The Labute approximate surface area is 148 Å². The van der Waals surface area contributed by atoms with E-state index in [0.717, 1.165) is 38.3 Å². The molecule has 1 aliphatic rings. The fourth-order valence-electron chi connectivity index (χ4n) is 3.17. The number of carbonyl (C=O) groups is 1. The van der Waals surface area contributed by atoms with Crippen LogP contribution in [0.15, 0.2) is 40.9 Å². The SMILES string of the molecule is Cc1cc(NC(=O)CN2CCN(Cc3ccccc3)CCC2C)on1. The van der Waals surface area contributed by atoms with Crippen molar-refractivity contribution in [2.45, 2.75) is 32.9 Å². The first-order valence-corrected chi connectivity index (χ1v) is 8.83. The normalized spacial score (nSPS) is 19.5. The number of carbonyl (C=O) groups excluding carboxylic acids is 1. The molecule has 2 heterocycles. The first-order chi connectivity index (χ1) is 12.1. The molecule has 0 saturated carbocycles. The van der Waals surface area contributed by atoms with Gasteiger partial charge in [0.05, 0.1) is 12.2 Å². The number of aromatic nitrogens is 1. The van der Waals surface area contributed by atoms with Crippen LogP contribution in [0.2, 0.25) is 0 Å². The summed E-state index contributed by atoms with van der Waals surface area (Å²) in [6.07, 6.45) is 1.06. The third-order valence-corrected chi connectivity index (χ3v) is 4.68. The molecule has 1 saturated heterocycles. The molecular formula is C19H26N4O2. The van der Waals surface area contributed by atoms with Crippen molar-refractivity contribution in [1.82, 2.24) is 15.0 Å². The molecule has 134 valence electrons. The van der Waals surface area contributed by atoms with E-state index < -0.39 is 0 Å². The van der Waals surface area contributed by atoms with Gasteiger partial charge in [0.15, 0.2) is 0 Å². The van der Waals surface area contributed by atoms with Crippen molar-refractivity contribution in [1.29, 1.82) is 0 Å². The molecule has 0 aliphatic carbocycles. The lowest BCUT2D eigenvalue weighted by atomic mass is 10.2. The quantitative estimate of drug-likeness (QED) is 0.905. The predicted molar refractivity (Wildman–Crippen MR) is 97.2 cm³/mol. The lowest BCUT2D eigenvalue weighted by Gasteiger charge is -2.25. The van der Waals surface area contributed by atoms with Gasteiger partial charge in [0.2, 0.25) is 11.8 Å². The Bertz CT molecular complexity index is 686. The summed E-state index contributed by atoms with van der Waals surface area (Å²) < 4.78 is 5.05. The van der Waals surface area contributed by atoms with Crippen molar-refractivity contribution in [2.24, 2.45) is 0 Å². The van der Waals surface area contributed by atoms with Crippen molar-refractivity contribution in [2.75, 3.05) is 31.5 Å². The van der Waals surface area contributed by atoms with Gasteiger partial charge in [-0.2, -0.15) is 0 Å². The molecule has 3 rings (SSSR count). The van der Waals surface area contributed by atoms with Crippen LogP contribution in [0.25, 0.3) is 0 Å². The summed E-state index contributed by atoms with van der Waals surface area (Å²) >= 11 is 0. The number of nitrogens with zero attached hydrogens (tertiary/aromatic N) is 3. The van der Waals surface area contributed by atoms with Gasteiger partial charge in [0, 0.05) is 38.3 Å². The van der Waals surface area contributed by atoms with Crippen molar-refractivity contribution in [3.63, 3.8) is 0 Å². The second kappa shape index (κ2) is 8.27. The summed E-state index contributed by atoms with van der Waals surface area (Å²) in [6.45, 7) is 8.26. The number of hydrogen-bond donors (Lipinski definition) is 1. The molecule has 0 bridgehead atoms. The summed E-state index contributed by atoms with van der Waals surface area (Å²) in [5, 5.41) is 6.56. The lowest BCUT2D eigenvalue weighted by molar-refractivity contribution is -0.117. The van der Waals surface area contributed by atoms with Gasteiger partial charge in [-0.05, 0) is 25.8 Å². The molecule has 0 radical (unpaired) electrons. The highest BCUT2D eigenvalue weighted by molar-refractivity contribution is 5.90. The van der Waals surface area contributed by atoms with Crippen LogP contribution >= 0.6 is 0 Å². The number of amides is 1. The summed E-state index contributed by atoms with van der Waals surface area (Å²) in [5.74, 6) is 0.357. The van der Waals surface area contributed by atoms with Crippen LogP contribution in [0, 0.1) is 6.92 Å². The Balaban J connectivity index is 1.51. The van der Waals surface area contributed by atoms with Gasteiger partial charge in [-0.3, -0.25) is 19.9 Å². The van der Waals surface area contributed by atoms with E-state index in [4.69, 9.17) is 4.52 Å². The molecule has 6 heteroatoms. The van der Waals surface area contributed by atoms with E-state index >= 15 is 0 Å². The zero-order valence-electron chi connectivity index (χ0n) is 14.9. The molecule has 1 aromatic carbocycles. The Morgan fingerprint density at radius 3 is 2.80 bits per heavy atom. The van der Waals surface area contributed by atoms with E-state index in [0.29, 0.717) is 18.5 Å². The van der Waals surface area contributed by atoms with E-state index in [1.807, 2.05) is 13.0 Å². The minimum absolute atomic E-state index is 0.0560. The zero-order valence-corrected chi connectivity index (χ0v) is 14.9. The average molecular weight is 342 g/mol. The zero-order chi connectivity index (χ0) is 17.6. The second-order valence-corrected chi connectivity index (χ2v) is 6.75. The van der Waals surface area contributed by atoms with E-state index in [1.54, 1.807) is 6.07 Å². The fourth-order valence-corrected chi connectivity index (χ4v) is 3.17. The van der Waals surface area contributed by atoms with Crippen LogP contribution in [0.5, 0.6) is 0 Å². The first kappa shape index (κ1) is 17.6. The molecule has 1 N–H and O–H groups in total. The molecule has 1 aromatic heterocycles. The van der Waals surface area contributed by atoms with Gasteiger partial charge in [-0.25, -0.2) is 0 Å². The van der Waals surface area contributed by atoms with Crippen molar-refractivity contribution in [3.8, 4) is 0 Å².